The van der Waals surface area contributed by atoms with Crippen LogP contribution >= 0.6 is 0 Å². The molecule has 5 heteroatoms. The summed E-state index contributed by atoms with van der Waals surface area (Å²) in [6.45, 7) is 12.4. The van der Waals surface area contributed by atoms with E-state index < -0.39 is 23.9 Å². The lowest BCUT2D eigenvalue weighted by Gasteiger charge is -2.39. The molecule has 144 valence electrons. The first kappa shape index (κ1) is 21.8. The van der Waals surface area contributed by atoms with E-state index in [1.54, 1.807) is 6.92 Å². The van der Waals surface area contributed by atoms with Gasteiger partial charge >= 0.3 is 0 Å². The molecule has 0 aromatic rings. The molecule has 0 aromatic carbocycles. The molecule has 0 amide bonds. The molecular weight excluding hydrogens is 306 g/mol. The zero-order valence-electron chi connectivity index (χ0n) is 16.5. The van der Waals surface area contributed by atoms with Crippen LogP contribution in [0.5, 0.6) is 0 Å². The summed E-state index contributed by atoms with van der Waals surface area (Å²) in [7, 11) is 1.96. The Morgan fingerprint density at radius 1 is 0.958 bits per heavy atom. The highest BCUT2D eigenvalue weighted by atomic mass is 16.3. The second-order valence-corrected chi connectivity index (χ2v) is 9.19. The Balaban J connectivity index is 3.10. The molecule has 0 aromatic heterocycles. The second kappa shape index (κ2) is 8.00. The van der Waals surface area contributed by atoms with Crippen LogP contribution < -0.4 is 0 Å². The molecular formula is C19H39NO4. The molecule has 5 nitrogen and oxygen atoms in total. The normalized spacial score (nSPS) is 46.6. The van der Waals surface area contributed by atoms with Crippen molar-refractivity contribution in [2.75, 3.05) is 13.6 Å². The standard InChI is InChI=1S/C19H39NO4/c1-12-10-18(4,5)16(22)13(2)15(21)8-9-19(6,24)17(23)14(3)20(7)11-12/h12-17,21-24H,8-11H2,1-7H3/t12-,13+,14?,15-,16-,17?,19-/m1/s1. The largest absolute Gasteiger partial charge is 0.393 e. The van der Waals surface area contributed by atoms with Gasteiger partial charge in [-0.15, -0.1) is 0 Å². The average Bonchev–Trinajstić information content (AvgIpc) is 2.47. The molecule has 0 radical (unpaired) electrons. The van der Waals surface area contributed by atoms with Crippen molar-refractivity contribution in [2.24, 2.45) is 17.3 Å². The van der Waals surface area contributed by atoms with E-state index in [2.05, 4.69) is 11.8 Å². The first-order chi connectivity index (χ1) is 10.8. The first-order valence-electron chi connectivity index (χ1n) is 9.26. The van der Waals surface area contributed by atoms with Crippen molar-refractivity contribution < 1.29 is 20.4 Å². The molecule has 4 N–H and O–H groups in total. The zero-order chi connectivity index (χ0) is 18.9. The second-order valence-electron chi connectivity index (χ2n) is 9.19. The zero-order valence-corrected chi connectivity index (χ0v) is 16.5. The number of nitrogens with zero attached hydrogens (tertiary/aromatic N) is 1. The van der Waals surface area contributed by atoms with Crippen LogP contribution in [0.1, 0.15) is 60.8 Å². The van der Waals surface area contributed by atoms with E-state index >= 15 is 0 Å². The van der Waals surface area contributed by atoms with Crippen molar-refractivity contribution in [1.29, 1.82) is 0 Å². The van der Waals surface area contributed by atoms with Crippen LogP contribution in [0.15, 0.2) is 0 Å². The van der Waals surface area contributed by atoms with Crippen molar-refractivity contribution in [3.63, 3.8) is 0 Å². The molecule has 2 unspecified atom stereocenters. The van der Waals surface area contributed by atoms with Crippen molar-refractivity contribution in [3.8, 4) is 0 Å². The van der Waals surface area contributed by atoms with Crippen molar-refractivity contribution in [2.45, 2.75) is 90.8 Å². The highest BCUT2D eigenvalue weighted by Crippen LogP contribution is 2.36. The quantitative estimate of drug-likeness (QED) is 0.536. The Morgan fingerprint density at radius 2 is 1.50 bits per heavy atom. The number of aliphatic hydroxyl groups excluding tert-OH is 3. The van der Waals surface area contributed by atoms with Gasteiger partial charge in [0.2, 0.25) is 0 Å². The van der Waals surface area contributed by atoms with Crippen LogP contribution in [-0.4, -0.2) is 68.9 Å². The highest BCUT2D eigenvalue weighted by Gasteiger charge is 2.40. The summed E-state index contributed by atoms with van der Waals surface area (Å²) in [6.07, 6.45) is -0.745. The first-order valence-corrected chi connectivity index (χ1v) is 9.26. The minimum atomic E-state index is -1.27. The Hall–Kier alpha value is -0.200. The topological polar surface area (TPSA) is 84.2 Å². The van der Waals surface area contributed by atoms with Crippen LogP contribution in [0, 0.1) is 17.3 Å². The predicted molar refractivity (Wildman–Crippen MR) is 96.7 cm³/mol. The molecule has 1 aliphatic heterocycles. The van der Waals surface area contributed by atoms with Crippen molar-refractivity contribution in [1.82, 2.24) is 4.90 Å². The highest BCUT2D eigenvalue weighted by molar-refractivity contribution is 4.93. The number of rotatable bonds is 0. The van der Waals surface area contributed by atoms with E-state index in [4.69, 9.17) is 0 Å². The van der Waals surface area contributed by atoms with Crippen LogP contribution in [0.3, 0.4) is 0 Å². The van der Waals surface area contributed by atoms with E-state index in [-0.39, 0.29) is 17.4 Å². The van der Waals surface area contributed by atoms with Crippen LogP contribution in [0.25, 0.3) is 0 Å². The molecule has 0 aliphatic carbocycles. The molecule has 1 heterocycles. The number of likely N-dealkylation sites (N-methyl/N-ethyl adjacent to an activating group) is 1. The molecule has 1 saturated heterocycles. The lowest BCUT2D eigenvalue weighted by Crippen LogP contribution is -2.52. The third kappa shape index (κ3) is 5.15. The van der Waals surface area contributed by atoms with Crippen LogP contribution in [0.4, 0.5) is 0 Å². The third-order valence-corrected chi connectivity index (χ3v) is 6.12. The smallest absolute Gasteiger partial charge is 0.0976 e. The summed E-state index contributed by atoms with van der Waals surface area (Å²) in [5.74, 6) is 0.0420. The molecule has 0 spiro atoms. The maximum absolute atomic E-state index is 10.8. The molecule has 1 rings (SSSR count). The van der Waals surface area contributed by atoms with Gasteiger partial charge in [-0.05, 0) is 51.5 Å². The summed E-state index contributed by atoms with van der Waals surface area (Å²) < 4.78 is 0. The molecule has 0 saturated carbocycles. The Labute approximate surface area is 147 Å². The summed E-state index contributed by atoms with van der Waals surface area (Å²) in [5.41, 5.74) is -1.58. The van der Waals surface area contributed by atoms with Gasteiger partial charge in [0.05, 0.1) is 23.9 Å². The van der Waals surface area contributed by atoms with E-state index in [9.17, 15) is 20.4 Å². The van der Waals surface area contributed by atoms with Gasteiger partial charge in [0.25, 0.3) is 0 Å². The van der Waals surface area contributed by atoms with Gasteiger partial charge in [0, 0.05) is 18.5 Å². The van der Waals surface area contributed by atoms with Gasteiger partial charge in [0.15, 0.2) is 0 Å². The van der Waals surface area contributed by atoms with Crippen LogP contribution in [-0.2, 0) is 0 Å². The Bertz CT molecular complexity index is 399. The average molecular weight is 346 g/mol. The Morgan fingerprint density at radius 3 is 2.04 bits per heavy atom. The summed E-state index contributed by atoms with van der Waals surface area (Å²) in [6, 6.07) is -0.189. The lowest BCUT2D eigenvalue weighted by atomic mass is 9.72. The van der Waals surface area contributed by atoms with E-state index in [0.29, 0.717) is 18.8 Å². The summed E-state index contributed by atoms with van der Waals surface area (Å²) >= 11 is 0. The molecule has 24 heavy (non-hydrogen) atoms. The van der Waals surface area contributed by atoms with Gasteiger partial charge in [0.1, 0.15) is 0 Å². The molecule has 1 fully saturated rings. The van der Waals surface area contributed by atoms with Gasteiger partial charge < -0.3 is 25.3 Å². The van der Waals surface area contributed by atoms with Crippen molar-refractivity contribution >= 4 is 0 Å². The molecule has 1 aliphatic rings. The molecule has 7 atom stereocenters. The minimum absolute atomic E-state index is 0.189. The van der Waals surface area contributed by atoms with Crippen molar-refractivity contribution in [3.05, 3.63) is 0 Å². The number of aliphatic hydroxyl groups is 4. The lowest BCUT2D eigenvalue weighted by molar-refractivity contribution is -0.106. The number of hydrogen-bond donors (Lipinski definition) is 4. The predicted octanol–water partition coefficient (Wildman–Crippen LogP) is 1.62. The van der Waals surface area contributed by atoms with Gasteiger partial charge in [-0.3, -0.25) is 0 Å². The summed E-state index contributed by atoms with van der Waals surface area (Å²) in [4.78, 5) is 2.07. The monoisotopic (exact) mass is 345 g/mol. The minimum Gasteiger partial charge on any atom is -0.393 e. The third-order valence-electron chi connectivity index (χ3n) is 6.12. The van der Waals surface area contributed by atoms with Gasteiger partial charge in [-0.2, -0.15) is 0 Å². The Kier molecular flexibility index (Phi) is 7.28. The fourth-order valence-corrected chi connectivity index (χ4v) is 4.27. The maximum atomic E-state index is 10.8. The van der Waals surface area contributed by atoms with Gasteiger partial charge in [-0.25, -0.2) is 0 Å². The van der Waals surface area contributed by atoms with Gasteiger partial charge in [-0.1, -0.05) is 27.7 Å². The van der Waals surface area contributed by atoms with E-state index in [1.807, 2.05) is 34.7 Å². The summed E-state index contributed by atoms with van der Waals surface area (Å²) in [5, 5.41) is 42.5. The van der Waals surface area contributed by atoms with E-state index in [0.717, 1.165) is 13.0 Å². The molecule has 0 bridgehead atoms. The number of hydrogen-bond acceptors (Lipinski definition) is 5. The SMILES string of the molecule is CC1C(O)[C@](C)(O)CC[C@@H](O)[C@H](C)[C@@H](O)C(C)(C)C[C@@H](C)CN1C. The van der Waals surface area contributed by atoms with E-state index in [1.165, 1.54) is 0 Å². The maximum Gasteiger partial charge on any atom is 0.0976 e. The fourth-order valence-electron chi connectivity index (χ4n) is 4.27. The van der Waals surface area contributed by atoms with Crippen LogP contribution in [0.2, 0.25) is 0 Å². The fraction of sp³-hybridized carbons (Fsp3) is 1.00.